The average Bonchev–Trinajstić information content (AvgIpc) is 3.10. The molecule has 2 N–H and O–H groups in total. The largest absolute Gasteiger partial charge is 0.395 e. The summed E-state index contributed by atoms with van der Waals surface area (Å²) in [6, 6.07) is 13.5. The second kappa shape index (κ2) is 8.03. The molecule has 0 fully saturated rings. The van der Waals surface area contributed by atoms with E-state index in [2.05, 4.69) is 15.4 Å². The van der Waals surface area contributed by atoms with E-state index in [4.69, 9.17) is 5.11 Å². The molecular formula is C19H18N4O2. The lowest BCUT2D eigenvalue weighted by Gasteiger charge is -2.00. The van der Waals surface area contributed by atoms with Crippen LogP contribution in [0.25, 0.3) is 23.0 Å². The summed E-state index contributed by atoms with van der Waals surface area (Å²) in [5.41, 5.74) is 3.34. The molecule has 0 unspecified atom stereocenters. The van der Waals surface area contributed by atoms with Gasteiger partial charge in [0.05, 0.1) is 12.3 Å². The fourth-order valence-corrected chi connectivity index (χ4v) is 2.35. The van der Waals surface area contributed by atoms with E-state index in [1.165, 1.54) is 6.08 Å². The smallest absolute Gasteiger partial charge is 0.244 e. The van der Waals surface area contributed by atoms with Gasteiger partial charge in [0.1, 0.15) is 5.69 Å². The molecule has 2 heterocycles. The van der Waals surface area contributed by atoms with Crippen molar-refractivity contribution in [3.05, 3.63) is 72.7 Å². The molecule has 6 heteroatoms. The summed E-state index contributed by atoms with van der Waals surface area (Å²) in [6.07, 6.45) is 8.45. The van der Waals surface area contributed by atoms with Gasteiger partial charge in [-0.2, -0.15) is 5.10 Å². The summed E-state index contributed by atoms with van der Waals surface area (Å²) in [4.78, 5) is 15.9. The Bertz CT molecular complexity index is 858. The number of rotatable bonds is 6. The highest BCUT2D eigenvalue weighted by molar-refractivity contribution is 5.92. The first-order chi connectivity index (χ1) is 12.3. The lowest BCUT2D eigenvalue weighted by atomic mass is 10.1. The molecule has 1 amide bonds. The fourth-order valence-electron chi connectivity index (χ4n) is 2.35. The van der Waals surface area contributed by atoms with Gasteiger partial charge in [-0.05, 0) is 30.3 Å². The number of aliphatic hydroxyl groups excluding tert-OH is 1. The summed E-state index contributed by atoms with van der Waals surface area (Å²) in [5, 5.41) is 16.0. The van der Waals surface area contributed by atoms with Crippen LogP contribution in [0, 0.1) is 0 Å². The van der Waals surface area contributed by atoms with Crippen molar-refractivity contribution in [3.8, 4) is 16.9 Å². The normalized spacial score (nSPS) is 10.9. The minimum Gasteiger partial charge on any atom is -0.395 e. The van der Waals surface area contributed by atoms with Crippen molar-refractivity contribution in [2.45, 2.75) is 0 Å². The van der Waals surface area contributed by atoms with Crippen LogP contribution in [0.15, 0.2) is 67.1 Å². The van der Waals surface area contributed by atoms with Crippen molar-refractivity contribution in [2.24, 2.45) is 0 Å². The van der Waals surface area contributed by atoms with E-state index >= 15 is 0 Å². The van der Waals surface area contributed by atoms with Crippen LogP contribution < -0.4 is 5.32 Å². The predicted molar refractivity (Wildman–Crippen MR) is 95.9 cm³/mol. The lowest BCUT2D eigenvalue weighted by molar-refractivity contribution is -0.116. The van der Waals surface area contributed by atoms with Crippen LogP contribution in [-0.2, 0) is 4.79 Å². The zero-order chi connectivity index (χ0) is 17.5. The molecule has 0 saturated carbocycles. The minimum atomic E-state index is -0.265. The van der Waals surface area contributed by atoms with Crippen molar-refractivity contribution in [1.29, 1.82) is 0 Å². The molecule has 0 bridgehead atoms. The number of carbonyl (C=O) groups excluding carboxylic acids is 1. The number of amides is 1. The third-order valence-corrected chi connectivity index (χ3v) is 3.52. The van der Waals surface area contributed by atoms with Crippen LogP contribution >= 0.6 is 0 Å². The van der Waals surface area contributed by atoms with Crippen LogP contribution in [0.5, 0.6) is 0 Å². The molecule has 2 aromatic heterocycles. The van der Waals surface area contributed by atoms with E-state index in [-0.39, 0.29) is 19.1 Å². The summed E-state index contributed by atoms with van der Waals surface area (Å²) in [5.74, 6) is -0.265. The van der Waals surface area contributed by atoms with Crippen LogP contribution in [0.2, 0.25) is 0 Å². The number of aliphatic hydroxyl groups is 1. The van der Waals surface area contributed by atoms with Gasteiger partial charge in [0, 0.05) is 42.3 Å². The average molecular weight is 334 g/mol. The zero-order valence-corrected chi connectivity index (χ0v) is 13.5. The van der Waals surface area contributed by atoms with Gasteiger partial charge in [-0.25, -0.2) is 4.68 Å². The Balaban J connectivity index is 1.96. The van der Waals surface area contributed by atoms with Crippen LogP contribution in [0.3, 0.4) is 0 Å². The van der Waals surface area contributed by atoms with Gasteiger partial charge in [0.15, 0.2) is 0 Å². The van der Waals surface area contributed by atoms with Crippen molar-refractivity contribution in [3.63, 3.8) is 0 Å². The molecule has 0 radical (unpaired) electrons. The van der Waals surface area contributed by atoms with E-state index in [9.17, 15) is 4.79 Å². The van der Waals surface area contributed by atoms with E-state index < -0.39 is 0 Å². The number of hydrogen-bond donors (Lipinski definition) is 2. The van der Waals surface area contributed by atoms with Crippen molar-refractivity contribution in [1.82, 2.24) is 20.1 Å². The second-order valence-electron chi connectivity index (χ2n) is 5.30. The molecule has 0 aliphatic rings. The quantitative estimate of drug-likeness (QED) is 0.676. The molecule has 3 aromatic rings. The fraction of sp³-hybridized carbons (Fsp3) is 0.105. The van der Waals surface area contributed by atoms with Crippen molar-refractivity contribution >= 4 is 12.0 Å². The van der Waals surface area contributed by atoms with E-state index in [1.54, 1.807) is 23.2 Å². The van der Waals surface area contributed by atoms with E-state index in [1.807, 2.05) is 48.7 Å². The third kappa shape index (κ3) is 4.19. The zero-order valence-electron chi connectivity index (χ0n) is 13.5. The van der Waals surface area contributed by atoms with E-state index in [0.717, 1.165) is 22.5 Å². The van der Waals surface area contributed by atoms with Gasteiger partial charge in [0.25, 0.3) is 0 Å². The molecule has 1 aromatic carbocycles. The molecule has 3 rings (SSSR count). The Hall–Kier alpha value is -3.25. The monoisotopic (exact) mass is 334 g/mol. The van der Waals surface area contributed by atoms with Gasteiger partial charge < -0.3 is 10.4 Å². The predicted octanol–water partition coefficient (Wildman–Crippen LogP) is 2.06. The Morgan fingerprint density at radius 1 is 1.20 bits per heavy atom. The lowest BCUT2D eigenvalue weighted by Crippen LogP contribution is -2.24. The van der Waals surface area contributed by atoms with Gasteiger partial charge in [-0.3, -0.25) is 9.78 Å². The van der Waals surface area contributed by atoms with Gasteiger partial charge >= 0.3 is 0 Å². The molecule has 0 atom stereocenters. The van der Waals surface area contributed by atoms with Crippen LogP contribution in [0.1, 0.15) is 5.56 Å². The molecule has 0 spiro atoms. The number of nitrogens with one attached hydrogen (secondary N) is 1. The van der Waals surface area contributed by atoms with Gasteiger partial charge in [0.2, 0.25) is 5.91 Å². The first-order valence-electron chi connectivity index (χ1n) is 7.90. The summed E-state index contributed by atoms with van der Waals surface area (Å²) in [6.45, 7) is 0.133. The van der Waals surface area contributed by atoms with Crippen LogP contribution in [0.4, 0.5) is 0 Å². The third-order valence-electron chi connectivity index (χ3n) is 3.52. The first-order valence-corrected chi connectivity index (χ1v) is 7.90. The highest BCUT2D eigenvalue weighted by Crippen LogP contribution is 2.24. The van der Waals surface area contributed by atoms with Gasteiger partial charge in [-0.1, -0.05) is 18.2 Å². The molecule has 25 heavy (non-hydrogen) atoms. The summed E-state index contributed by atoms with van der Waals surface area (Å²) < 4.78 is 1.77. The maximum atomic E-state index is 11.8. The van der Waals surface area contributed by atoms with E-state index in [0.29, 0.717) is 0 Å². The Morgan fingerprint density at radius 2 is 2.04 bits per heavy atom. The van der Waals surface area contributed by atoms with Gasteiger partial charge in [-0.15, -0.1) is 0 Å². The standard InChI is InChI=1S/C19H18N4O2/c24-12-11-21-18(25)9-8-16-14-23(17-6-2-1-3-7-17)22-19(16)15-5-4-10-20-13-15/h1-10,13-14,24H,11-12H2,(H,21,25)/b9-8+. The SMILES string of the molecule is O=C(/C=C/c1cn(-c2ccccc2)nc1-c1cccnc1)NCCO. The van der Waals surface area contributed by atoms with Crippen molar-refractivity contribution < 1.29 is 9.90 Å². The molecule has 0 saturated heterocycles. The number of benzene rings is 1. The topological polar surface area (TPSA) is 80.0 Å². The molecule has 0 aliphatic carbocycles. The number of nitrogens with zero attached hydrogens (tertiary/aromatic N) is 3. The molecule has 0 aliphatic heterocycles. The molecular weight excluding hydrogens is 316 g/mol. The molecule has 126 valence electrons. The number of aromatic nitrogens is 3. The highest BCUT2D eigenvalue weighted by Gasteiger charge is 2.10. The number of pyridine rings is 1. The maximum Gasteiger partial charge on any atom is 0.244 e. The minimum absolute atomic E-state index is 0.0908. The number of para-hydroxylation sites is 1. The second-order valence-corrected chi connectivity index (χ2v) is 5.30. The highest BCUT2D eigenvalue weighted by atomic mass is 16.3. The Labute approximate surface area is 145 Å². The summed E-state index contributed by atoms with van der Waals surface area (Å²) >= 11 is 0. The van der Waals surface area contributed by atoms with Crippen molar-refractivity contribution in [2.75, 3.05) is 13.2 Å². The Morgan fingerprint density at radius 3 is 2.76 bits per heavy atom. The first kappa shape index (κ1) is 16.6. The Kier molecular flexibility index (Phi) is 5.33. The maximum absolute atomic E-state index is 11.8. The van der Waals surface area contributed by atoms with Crippen LogP contribution in [-0.4, -0.2) is 38.9 Å². The molecule has 6 nitrogen and oxygen atoms in total. The number of hydrogen-bond acceptors (Lipinski definition) is 4. The summed E-state index contributed by atoms with van der Waals surface area (Å²) in [7, 11) is 0. The number of carbonyl (C=O) groups is 1.